The summed E-state index contributed by atoms with van der Waals surface area (Å²) in [4.78, 5) is 28.1. The second-order valence-corrected chi connectivity index (χ2v) is 7.68. The molecule has 7 nitrogen and oxygen atoms in total. The Balaban J connectivity index is 1.79. The fraction of sp³-hybridized carbons (Fsp3) is 0.292. The Morgan fingerprint density at radius 1 is 1.23 bits per heavy atom. The summed E-state index contributed by atoms with van der Waals surface area (Å²) in [6, 6.07) is 8.82. The van der Waals surface area contributed by atoms with Crippen LogP contribution < -0.4 is 4.74 Å². The Morgan fingerprint density at radius 2 is 1.94 bits per heavy atom. The fourth-order valence-corrected chi connectivity index (χ4v) is 4.39. The number of aliphatic hydroxyl groups is 1. The summed E-state index contributed by atoms with van der Waals surface area (Å²) in [5.41, 5.74) is -1.31. The molecule has 1 heterocycles. The van der Waals surface area contributed by atoms with Crippen molar-refractivity contribution in [2.75, 3.05) is 13.1 Å². The predicted molar refractivity (Wildman–Crippen MR) is 114 cm³/mol. The van der Waals surface area contributed by atoms with Crippen LogP contribution in [-0.2, 0) is 11.4 Å². The van der Waals surface area contributed by atoms with Crippen LogP contribution in [-0.4, -0.2) is 45.4 Å². The van der Waals surface area contributed by atoms with Crippen LogP contribution in [0, 0.1) is 5.92 Å². The summed E-state index contributed by atoms with van der Waals surface area (Å²) in [6.07, 6.45) is 6.70. The minimum atomic E-state index is -2.20. The van der Waals surface area contributed by atoms with Gasteiger partial charge in [-0.25, -0.2) is 0 Å². The number of hydrogen-bond donors (Lipinski definition) is 1. The number of fused-ring (bicyclic) bond motifs is 2. The van der Waals surface area contributed by atoms with E-state index in [1.165, 1.54) is 6.08 Å². The third kappa shape index (κ3) is 3.45. The lowest BCUT2D eigenvalue weighted by Crippen LogP contribution is -2.60. The molecule has 4 rings (SSSR count). The molecule has 2 aliphatic rings. The highest BCUT2D eigenvalue weighted by atomic mass is 16.5. The van der Waals surface area contributed by atoms with Crippen molar-refractivity contribution in [2.24, 2.45) is 5.92 Å². The maximum Gasteiger partial charge on any atom is 0.265 e. The van der Waals surface area contributed by atoms with Crippen molar-refractivity contribution >= 4 is 11.6 Å². The zero-order chi connectivity index (χ0) is 22.0. The van der Waals surface area contributed by atoms with E-state index < -0.39 is 29.1 Å². The van der Waals surface area contributed by atoms with Crippen molar-refractivity contribution in [3.05, 3.63) is 84.7 Å². The number of ketones is 2. The lowest BCUT2D eigenvalue weighted by atomic mass is 9.65. The van der Waals surface area contributed by atoms with Gasteiger partial charge in [-0.3, -0.25) is 14.5 Å². The number of aromatic nitrogens is 1. The Kier molecular flexibility index (Phi) is 5.71. The average molecular weight is 420 g/mol. The van der Waals surface area contributed by atoms with E-state index in [4.69, 9.17) is 9.26 Å². The first-order chi connectivity index (χ1) is 15.0. The minimum Gasteiger partial charge on any atom is -0.470 e. The zero-order valence-corrected chi connectivity index (χ0v) is 17.1. The number of carbonyl (C=O) groups excluding carboxylic acids is 2. The highest BCUT2D eigenvalue weighted by Crippen LogP contribution is 2.50. The van der Waals surface area contributed by atoms with Crippen molar-refractivity contribution in [3.8, 4) is 5.88 Å². The molecule has 2 aliphatic carbocycles. The van der Waals surface area contributed by atoms with Gasteiger partial charge in [-0.05, 0) is 23.2 Å². The van der Waals surface area contributed by atoms with Crippen LogP contribution in [0.25, 0.3) is 0 Å². The monoisotopic (exact) mass is 420 g/mol. The Hall–Kier alpha value is -3.29. The predicted octanol–water partition coefficient (Wildman–Crippen LogP) is 3.04. The number of carbonyl (C=O) groups is 2. The summed E-state index contributed by atoms with van der Waals surface area (Å²) in [7, 11) is 0. The van der Waals surface area contributed by atoms with Gasteiger partial charge in [0.15, 0.2) is 17.1 Å². The largest absolute Gasteiger partial charge is 0.470 e. The van der Waals surface area contributed by atoms with Gasteiger partial charge in [0.25, 0.3) is 5.88 Å². The lowest BCUT2D eigenvalue weighted by molar-refractivity contribution is -0.137. The van der Waals surface area contributed by atoms with Gasteiger partial charge in [0.1, 0.15) is 12.2 Å². The number of Topliss-reactive ketones (excluding diaryl/α,β-unsaturated/α-hetero) is 1. The maximum atomic E-state index is 13.4. The van der Waals surface area contributed by atoms with Crippen molar-refractivity contribution in [3.63, 3.8) is 0 Å². The quantitative estimate of drug-likeness (QED) is 0.518. The highest BCUT2D eigenvalue weighted by Gasteiger charge is 2.61. The number of rotatable bonds is 8. The molecule has 0 bridgehead atoms. The topological polar surface area (TPSA) is 92.9 Å². The number of ether oxygens (including phenoxy) is 1. The maximum absolute atomic E-state index is 13.4. The van der Waals surface area contributed by atoms with Crippen LogP contribution in [0.15, 0.2) is 72.3 Å². The average Bonchev–Trinajstić information content (AvgIpc) is 3.19. The van der Waals surface area contributed by atoms with Crippen molar-refractivity contribution in [2.45, 2.75) is 24.7 Å². The van der Waals surface area contributed by atoms with E-state index in [0.29, 0.717) is 19.5 Å². The minimum absolute atomic E-state index is 0.0152. The highest BCUT2D eigenvalue weighted by molar-refractivity contribution is 6.23. The first kappa shape index (κ1) is 21.0. The van der Waals surface area contributed by atoms with Gasteiger partial charge < -0.3 is 14.4 Å². The molecular formula is C24H24N2O5. The first-order valence-electron chi connectivity index (χ1n) is 10.1. The van der Waals surface area contributed by atoms with Gasteiger partial charge in [-0.2, -0.15) is 0 Å². The second-order valence-electron chi connectivity index (χ2n) is 7.68. The van der Waals surface area contributed by atoms with E-state index in [1.54, 1.807) is 18.2 Å². The van der Waals surface area contributed by atoms with Crippen LogP contribution >= 0.6 is 0 Å². The number of hydrogen-bond acceptors (Lipinski definition) is 7. The molecule has 3 atom stereocenters. The molecule has 0 spiro atoms. The molecule has 0 saturated carbocycles. The summed E-state index contributed by atoms with van der Waals surface area (Å²) in [5, 5.41) is 15.4. The Labute approximate surface area is 180 Å². The Bertz CT molecular complexity index is 1030. The number of benzene rings is 1. The van der Waals surface area contributed by atoms with Gasteiger partial charge in [-0.15, -0.1) is 13.2 Å². The molecule has 31 heavy (non-hydrogen) atoms. The van der Waals surface area contributed by atoms with Crippen LogP contribution in [0.4, 0.5) is 0 Å². The molecule has 7 heteroatoms. The lowest BCUT2D eigenvalue weighted by Gasteiger charge is -2.45. The molecule has 160 valence electrons. The molecule has 0 fully saturated rings. The zero-order valence-electron chi connectivity index (χ0n) is 17.1. The molecule has 1 unspecified atom stereocenters. The van der Waals surface area contributed by atoms with Crippen molar-refractivity contribution < 1.29 is 24.0 Å². The second kappa shape index (κ2) is 8.45. The summed E-state index contributed by atoms with van der Waals surface area (Å²) < 4.78 is 11.4. The fourth-order valence-electron chi connectivity index (χ4n) is 4.39. The van der Waals surface area contributed by atoms with E-state index in [-0.39, 0.29) is 23.8 Å². The van der Waals surface area contributed by atoms with Gasteiger partial charge >= 0.3 is 0 Å². The van der Waals surface area contributed by atoms with Crippen LogP contribution in [0.5, 0.6) is 5.88 Å². The van der Waals surface area contributed by atoms with E-state index in [2.05, 4.69) is 18.3 Å². The molecule has 1 aromatic heterocycles. The molecule has 2 aromatic rings. The van der Waals surface area contributed by atoms with Crippen LogP contribution in [0.3, 0.4) is 0 Å². The van der Waals surface area contributed by atoms with E-state index in [9.17, 15) is 14.7 Å². The third-order valence-electron chi connectivity index (χ3n) is 5.82. The van der Waals surface area contributed by atoms with Crippen LogP contribution in [0.1, 0.15) is 34.1 Å². The molecule has 0 saturated heterocycles. The Morgan fingerprint density at radius 3 is 2.61 bits per heavy atom. The summed E-state index contributed by atoms with van der Waals surface area (Å²) in [6.45, 7) is 8.64. The molecule has 1 aromatic carbocycles. The van der Waals surface area contributed by atoms with Gasteiger partial charge in [0, 0.05) is 19.0 Å². The number of nitrogens with zero attached hydrogens (tertiary/aromatic N) is 2. The normalized spacial score (nSPS) is 24.6. The SMILES string of the molecule is C=CCN(CC=C)[C@@H]1c2onc(OCc3ccccc3)c2C(=O)[C@@]2(O)C(=O)C=CCC12. The van der Waals surface area contributed by atoms with Crippen molar-refractivity contribution in [1.82, 2.24) is 10.1 Å². The summed E-state index contributed by atoms with van der Waals surface area (Å²) in [5.74, 6) is -1.84. The molecule has 0 amide bonds. The van der Waals surface area contributed by atoms with Crippen molar-refractivity contribution in [1.29, 1.82) is 0 Å². The molecular weight excluding hydrogens is 396 g/mol. The summed E-state index contributed by atoms with van der Waals surface area (Å²) >= 11 is 0. The molecule has 0 radical (unpaired) electrons. The van der Waals surface area contributed by atoms with E-state index in [1.807, 2.05) is 35.2 Å². The third-order valence-corrected chi connectivity index (χ3v) is 5.82. The molecule has 1 N–H and O–H groups in total. The van der Waals surface area contributed by atoms with Gasteiger partial charge in [0.2, 0.25) is 5.78 Å². The van der Waals surface area contributed by atoms with E-state index in [0.717, 1.165) is 5.56 Å². The number of allylic oxidation sites excluding steroid dienone is 1. The first-order valence-corrected chi connectivity index (χ1v) is 10.1. The smallest absolute Gasteiger partial charge is 0.265 e. The van der Waals surface area contributed by atoms with E-state index >= 15 is 0 Å². The molecule has 0 aliphatic heterocycles. The van der Waals surface area contributed by atoms with Crippen LogP contribution in [0.2, 0.25) is 0 Å². The van der Waals surface area contributed by atoms with Gasteiger partial charge in [0.05, 0.1) is 6.04 Å². The van der Waals surface area contributed by atoms with Gasteiger partial charge in [-0.1, -0.05) is 48.6 Å². The standard InChI is InChI=1S/C24H24N2O5/c1-3-13-26(14-4-2)20-17-11-8-12-18(27)24(17,29)22(28)19-21(20)31-25-23(19)30-15-16-9-6-5-7-10-16/h3-10,12,17,20,29H,1-2,11,13-15H2/t17?,20-,24-/m0/s1.